The molecule has 30 heavy (non-hydrogen) atoms. The fourth-order valence-electron chi connectivity index (χ4n) is 2.24. The van der Waals surface area contributed by atoms with Crippen LogP contribution in [-0.4, -0.2) is 79.6 Å². The van der Waals surface area contributed by atoms with Gasteiger partial charge in [-0.15, -0.1) is 0 Å². The Kier molecular flexibility index (Phi) is 12.3. The fraction of sp³-hybridized carbons (Fsp3) is 0.722. The van der Waals surface area contributed by atoms with Crippen LogP contribution >= 0.6 is 0 Å². The van der Waals surface area contributed by atoms with E-state index in [-0.39, 0.29) is 18.4 Å². The largest absolute Gasteiger partial charge is 0.468 e. The molecule has 3 atom stereocenters. The third-order valence-electron chi connectivity index (χ3n) is 4.11. The number of nitrogens with two attached hydrogens (primary N) is 1. The number of ether oxygens (including phenoxy) is 1. The highest BCUT2D eigenvalue weighted by Gasteiger charge is 2.31. The summed E-state index contributed by atoms with van der Waals surface area (Å²) in [7, 11) is 1.18. The Balaban J connectivity index is 4.96. The van der Waals surface area contributed by atoms with Gasteiger partial charge in [-0.05, 0) is 11.8 Å². The van der Waals surface area contributed by atoms with Crippen LogP contribution in [0.2, 0.25) is 0 Å². The van der Waals surface area contributed by atoms with Crippen LogP contribution < -0.4 is 27.0 Å². The summed E-state index contributed by atoms with van der Waals surface area (Å²) in [5, 5.41) is 18.7. The van der Waals surface area contributed by atoms with Gasteiger partial charge in [-0.25, -0.2) is 0 Å². The Morgan fingerprint density at radius 1 is 0.833 bits per heavy atom. The van der Waals surface area contributed by atoms with E-state index in [0.29, 0.717) is 0 Å². The number of aliphatic hydroxyl groups is 1. The van der Waals surface area contributed by atoms with Crippen LogP contribution in [-0.2, 0) is 28.7 Å². The van der Waals surface area contributed by atoms with E-state index in [1.165, 1.54) is 7.11 Å². The lowest BCUT2D eigenvalue weighted by Crippen LogP contribution is -2.59. The Hall–Kier alpha value is -2.73. The van der Waals surface area contributed by atoms with Gasteiger partial charge in [0.25, 0.3) is 0 Å². The van der Waals surface area contributed by atoms with Crippen LogP contribution in [0.4, 0.5) is 0 Å². The summed E-state index contributed by atoms with van der Waals surface area (Å²) in [6.07, 6.45) is 0. The summed E-state index contributed by atoms with van der Waals surface area (Å²) in [6.45, 7) is 5.49. The second kappa shape index (κ2) is 13.5. The lowest BCUT2D eigenvalue weighted by molar-refractivity contribution is -0.141. The second-order valence-corrected chi connectivity index (χ2v) is 7.32. The lowest BCUT2D eigenvalue weighted by atomic mass is 9.99. The maximum atomic E-state index is 12.7. The SMILES string of the molecule is COC(=O)CNC(=O)CNC(=O)[C@@H](NC(=O)[C@@H](NC(=O)[C@@H](N)CO)C(C)C)C(C)C. The van der Waals surface area contributed by atoms with E-state index >= 15 is 0 Å². The topological polar surface area (TPSA) is 189 Å². The van der Waals surface area contributed by atoms with Gasteiger partial charge >= 0.3 is 5.97 Å². The molecule has 0 aliphatic rings. The standard InChI is InChI=1S/C18H33N5O7/c1-9(2)14(17(28)21-6-12(25)20-7-13(26)30-5)23-18(29)15(10(3)4)22-16(27)11(19)8-24/h9-11,14-15,24H,6-8,19H2,1-5H3,(H,20,25)(H,21,28)(H,22,27)(H,23,29)/t11-,14-,15-/m0/s1. The average molecular weight is 431 g/mol. The maximum Gasteiger partial charge on any atom is 0.325 e. The van der Waals surface area contributed by atoms with Crippen LogP contribution in [0.15, 0.2) is 0 Å². The smallest absolute Gasteiger partial charge is 0.325 e. The third-order valence-corrected chi connectivity index (χ3v) is 4.11. The second-order valence-electron chi connectivity index (χ2n) is 7.32. The highest BCUT2D eigenvalue weighted by Crippen LogP contribution is 2.07. The summed E-state index contributed by atoms with van der Waals surface area (Å²) in [4.78, 5) is 59.7. The van der Waals surface area contributed by atoms with Crippen LogP contribution in [0.3, 0.4) is 0 Å². The Bertz CT molecular complexity index is 624. The van der Waals surface area contributed by atoms with E-state index in [1.54, 1.807) is 27.7 Å². The number of nitrogens with one attached hydrogen (secondary N) is 4. The number of aliphatic hydroxyl groups excluding tert-OH is 1. The molecule has 0 aromatic heterocycles. The van der Waals surface area contributed by atoms with Gasteiger partial charge in [-0.3, -0.25) is 24.0 Å². The van der Waals surface area contributed by atoms with Crippen molar-refractivity contribution < 1.29 is 33.8 Å². The van der Waals surface area contributed by atoms with Crippen molar-refractivity contribution in [2.45, 2.75) is 45.8 Å². The van der Waals surface area contributed by atoms with Crippen molar-refractivity contribution in [1.82, 2.24) is 21.3 Å². The summed E-state index contributed by atoms with van der Waals surface area (Å²) in [5.41, 5.74) is 5.46. The zero-order valence-corrected chi connectivity index (χ0v) is 18.0. The van der Waals surface area contributed by atoms with E-state index in [4.69, 9.17) is 10.8 Å². The number of hydrogen-bond donors (Lipinski definition) is 6. The molecule has 7 N–H and O–H groups in total. The molecule has 0 heterocycles. The minimum atomic E-state index is -1.17. The zero-order chi connectivity index (χ0) is 23.4. The van der Waals surface area contributed by atoms with E-state index < -0.39 is 60.9 Å². The summed E-state index contributed by atoms with van der Waals surface area (Å²) in [6, 6.07) is -3.13. The quantitative estimate of drug-likeness (QED) is 0.176. The van der Waals surface area contributed by atoms with E-state index in [2.05, 4.69) is 26.0 Å². The molecule has 4 amide bonds. The van der Waals surface area contributed by atoms with Crippen molar-refractivity contribution in [3.63, 3.8) is 0 Å². The molecule has 172 valence electrons. The number of rotatable bonds is 12. The first kappa shape index (κ1) is 27.3. The first-order valence-corrected chi connectivity index (χ1v) is 9.52. The number of esters is 1. The molecule has 0 unspecified atom stereocenters. The van der Waals surface area contributed by atoms with Crippen molar-refractivity contribution in [1.29, 1.82) is 0 Å². The van der Waals surface area contributed by atoms with Crippen LogP contribution in [0.1, 0.15) is 27.7 Å². The van der Waals surface area contributed by atoms with Gasteiger partial charge in [0, 0.05) is 0 Å². The molecule has 0 rings (SSSR count). The summed E-state index contributed by atoms with van der Waals surface area (Å²) >= 11 is 0. The molecular weight excluding hydrogens is 398 g/mol. The molecule has 0 spiro atoms. The lowest BCUT2D eigenvalue weighted by Gasteiger charge is -2.27. The monoisotopic (exact) mass is 431 g/mol. The van der Waals surface area contributed by atoms with Gasteiger partial charge in [-0.1, -0.05) is 27.7 Å². The van der Waals surface area contributed by atoms with Crippen molar-refractivity contribution in [3.8, 4) is 0 Å². The first-order chi connectivity index (χ1) is 13.9. The first-order valence-electron chi connectivity index (χ1n) is 9.52. The molecule has 0 bridgehead atoms. The van der Waals surface area contributed by atoms with Crippen LogP contribution in [0, 0.1) is 11.8 Å². The predicted octanol–water partition coefficient (Wildman–Crippen LogP) is -3.01. The molecule has 0 aromatic rings. The average Bonchev–Trinajstić information content (AvgIpc) is 2.70. The highest BCUT2D eigenvalue weighted by atomic mass is 16.5. The van der Waals surface area contributed by atoms with Crippen LogP contribution in [0.5, 0.6) is 0 Å². The molecule has 12 nitrogen and oxygen atoms in total. The number of hydrogen-bond acceptors (Lipinski definition) is 8. The highest BCUT2D eigenvalue weighted by molar-refractivity contribution is 5.94. The Labute approximate surface area is 175 Å². The zero-order valence-electron chi connectivity index (χ0n) is 18.0. The minimum Gasteiger partial charge on any atom is -0.468 e. The van der Waals surface area contributed by atoms with Crippen molar-refractivity contribution >= 4 is 29.6 Å². The normalized spacial score (nSPS) is 13.8. The summed E-state index contributed by atoms with van der Waals surface area (Å²) in [5.74, 6) is -3.79. The summed E-state index contributed by atoms with van der Waals surface area (Å²) < 4.78 is 4.39. The number of methoxy groups -OCH3 is 1. The number of carbonyl (C=O) groups excluding carboxylic acids is 5. The molecule has 0 fully saturated rings. The third kappa shape index (κ3) is 9.65. The van der Waals surface area contributed by atoms with E-state index in [9.17, 15) is 24.0 Å². The number of carbonyl (C=O) groups is 5. The maximum absolute atomic E-state index is 12.7. The van der Waals surface area contributed by atoms with Gasteiger partial charge in [0.1, 0.15) is 24.7 Å². The van der Waals surface area contributed by atoms with Crippen LogP contribution in [0.25, 0.3) is 0 Å². The van der Waals surface area contributed by atoms with Gasteiger partial charge in [0.15, 0.2) is 0 Å². The van der Waals surface area contributed by atoms with Crippen molar-refractivity contribution in [2.75, 3.05) is 26.8 Å². The van der Waals surface area contributed by atoms with E-state index in [0.717, 1.165) is 0 Å². The molecule has 0 saturated carbocycles. The molecule has 0 saturated heterocycles. The molecule has 0 aliphatic heterocycles. The molecule has 0 radical (unpaired) electrons. The number of amides is 4. The van der Waals surface area contributed by atoms with Gasteiger partial charge in [0.2, 0.25) is 23.6 Å². The minimum absolute atomic E-state index is 0.320. The van der Waals surface area contributed by atoms with Gasteiger partial charge in [0.05, 0.1) is 20.3 Å². The van der Waals surface area contributed by atoms with Crippen molar-refractivity contribution in [2.24, 2.45) is 17.6 Å². The van der Waals surface area contributed by atoms with Gasteiger partial charge < -0.3 is 36.8 Å². The van der Waals surface area contributed by atoms with Crippen molar-refractivity contribution in [3.05, 3.63) is 0 Å². The predicted molar refractivity (Wildman–Crippen MR) is 107 cm³/mol. The fourth-order valence-corrected chi connectivity index (χ4v) is 2.24. The van der Waals surface area contributed by atoms with Gasteiger partial charge in [-0.2, -0.15) is 0 Å². The van der Waals surface area contributed by atoms with E-state index in [1.807, 2.05) is 0 Å². The molecule has 0 aromatic carbocycles. The Morgan fingerprint density at radius 2 is 1.33 bits per heavy atom. The molecular formula is C18H33N5O7. The molecule has 0 aliphatic carbocycles. The Morgan fingerprint density at radius 3 is 1.80 bits per heavy atom. The molecule has 12 heteroatoms.